The number of nitrogens with two attached hydrogens (primary N) is 1. The molecule has 0 amide bonds. The molecule has 5 rings (SSSR count). The molecule has 0 bridgehead atoms. The lowest BCUT2D eigenvalue weighted by Crippen LogP contribution is -2.29. The molecular weight excluding hydrogens is 374 g/mol. The van der Waals surface area contributed by atoms with Crippen LogP contribution in [-0.4, -0.2) is 15.7 Å². The lowest BCUT2D eigenvalue weighted by molar-refractivity contribution is 0.0348. The van der Waals surface area contributed by atoms with E-state index in [1.165, 1.54) is 5.56 Å². The number of rotatable bonds is 4. The number of nitrogens with zero attached hydrogens (tertiary/aromatic N) is 2. The van der Waals surface area contributed by atoms with E-state index >= 15 is 0 Å². The summed E-state index contributed by atoms with van der Waals surface area (Å²) in [6.07, 6.45) is 1.83. The lowest BCUT2D eigenvalue weighted by atomic mass is 10.0. The zero-order valence-electron chi connectivity index (χ0n) is 16.6. The number of nitrogen functional groups attached to an aromatic ring is 1. The normalized spacial score (nSPS) is 18.7. The molecule has 1 fully saturated rings. The molecule has 4 aromatic rings. The molecule has 3 aromatic carbocycles. The Balaban J connectivity index is 1.42. The summed E-state index contributed by atoms with van der Waals surface area (Å²) in [7, 11) is 0. The minimum Gasteiger partial charge on any atom is -0.369 e. The van der Waals surface area contributed by atoms with Crippen molar-refractivity contribution in [2.75, 3.05) is 5.73 Å². The molecule has 0 radical (unpaired) electrons. The molecular formula is C25H23N3O2. The van der Waals surface area contributed by atoms with Crippen LogP contribution < -0.4 is 11.3 Å². The van der Waals surface area contributed by atoms with Gasteiger partial charge >= 0.3 is 0 Å². The molecule has 1 aromatic heterocycles. The zero-order chi connectivity index (χ0) is 20.5. The smallest absolute Gasteiger partial charge is 0.262 e. The minimum absolute atomic E-state index is 0.0574. The van der Waals surface area contributed by atoms with Gasteiger partial charge in [0.05, 0.1) is 29.7 Å². The third-order valence-electron chi connectivity index (χ3n) is 5.76. The molecule has 0 spiro atoms. The number of fused-ring (bicyclic) bond motifs is 1. The van der Waals surface area contributed by atoms with Crippen LogP contribution in [0.5, 0.6) is 0 Å². The van der Waals surface area contributed by atoms with Crippen molar-refractivity contribution in [2.24, 2.45) is 0 Å². The molecule has 2 unspecified atom stereocenters. The summed E-state index contributed by atoms with van der Waals surface area (Å²) in [4.78, 5) is 17.7. The van der Waals surface area contributed by atoms with E-state index < -0.39 is 0 Å². The topological polar surface area (TPSA) is 70.1 Å². The second kappa shape index (κ2) is 7.76. The Hall–Kier alpha value is -3.44. The van der Waals surface area contributed by atoms with Crippen LogP contribution in [0.15, 0.2) is 83.7 Å². The zero-order valence-corrected chi connectivity index (χ0v) is 16.6. The van der Waals surface area contributed by atoms with Gasteiger partial charge in [0.25, 0.3) is 5.56 Å². The van der Waals surface area contributed by atoms with Gasteiger partial charge in [0.15, 0.2) is 0 Å². The van der Waals surface area contributed by atoms with Crippen LogP contribution >= 0.6 is 0 Å². The van der Waals surface area contributed by atoms with Crippen molar-refractivity contribution >= 4 is 16.9 Å². The fourth-order valence-corrected chi connectivity index (χ4v) is 4.18. The molecule has 2 heterocycles. The highest BCUT2D eigenvalue weighted by Gasteiger charge is 2.27. The van der Waals surface area contributed by atoms with Crippen molar-refractivity contribution in [1.29, 1.82) is 0 Å². The maximum atomic E-state index is 13.1. The van der Waals surface area contributed by atoms with Crippen molar-refractivity contribution in [2.45, 2.75) is 31.6 Å². The average molecular weight is 397 g/mol. The van der Waals surface area contributed by atoms with Crippen LogP contribution in [0.1, 0.15) is 24.5 Å². The number of hydrogen-bond acceptors (Lipinski definition) is 4. The highest BCUT2D eigenvalue weighted by molar-refractivity contribution is 5.84. The van der Waals surface area contributed by atoms with Gasteiger partial charge in [-0.3, -0.25) is 9.36 Å². The van der Waals surface area contributed by atoms with Gasteiger partial charge in [-0.1, -0.05) is 66.7 Å². The maximum Gasteiger partial charge on any atom is 0.262 e. The SMILES string of the molecule is Nc1nc2cc(-c3ccccc3)ccc2c(=O)n1CC1CCC(c2ccccc2)O1. The van der Waals surface area contributed by atoms with E-state index in [-0.39, 0.29) is 23.7 Å². The molecule has 1 aliphatic rings. The van der Waals surface area contributed by atoms with Crippen LogP contribution in [0.2, 0.25) is 0 Å². The number of anilines is 1. The third-order valence-corrected chi connectivity index (χ3v) is 5.76. The standard InChI is InChI=1S/C25H23N3O2/c26-25-27-22-15-19(17-7-3-1-4-8-17)11-13-21(22)24(29)28(25)16-20-12-14-23(30-20)18-9-5-2-6-10-18/h1-11,13,15,20,23H,12,14,16H2,(H2,26,27). The third kappa shape index (κ3) is 3.48. The maximum absolute atomic E-state index is 13.1. The predicted molar refractivity (Wildman–Crippen MR) is 119 cm³/mol. The molecule has 1 aliphatic heterocycles. The summed E-state index contributed by atoms with van der Waals surface area (Å²) >= 11 is 0. The van der Waals surface area contributed by atoms with E-state index in [1.54, 1.807) is 4.57 Å². The van der Waals surface area contributed by atoms with Crippen LogP contribution in [0, 0.1) is 0 Å². The van der Waals surface area contributed by atoms with Crippen molar-refractivity contribution < 1.29 is 4.74 Å². The summed E-state index contributed by atoms with van der Waals surface area (Å²) < 4.78 is 7.75. The number of ether oxygens (including phenoxy) is 1. The molecule has 5 nitrogen and oxygen atoms in total. The van der Waals surface area contributed by atoms with Gasteiger partial charge < -0.3 is 10.5 Å². The molecule has 2 atom stereocenters. The summed E-state index contributed by atoms with van der Waals surface area (Å²) in [5.41, 5.74) is 9.95. The van der Waals surface area contributed by atoms with Gasteiger partial charge in [-0.05, 0) is 41.7 Å². The molecule has 2 N–H and O–H groups in total. The second-order valence-electron chi connectivity index (χ2n) is 7.72. The van der Waals surface area contributed by atoms with E-state index in [0.717, 1.165) is 24.0 Å². The van der Waals surface area contributed by atoms with Gasteiger partial charge in [0.1, 0.15) is 0 Å². The minimum atomic E-state index is -0.121. The predicted octanol–water partition coefficient (Wildman–Crippen LogP) is 4.57. The molecule has 1 saturated heterocycles. The largest absolute Gasteiger partial charge is 0.369 e. The molecule has 5 heteroatoms. The van der Waals surface area contributed by atoms with Crippen molar-refractivity contribution in [3.8, 4) is 11.1 Å². The summed E-state index contributed by atoms with van der Waals surface area (Å²) in [5.74, 6) is 0.226. The number of hydrogen-bond donors (Lipinski definition) is 1. The van der Waals surface area contributed by atoms with E-state index in [1.807, 2.05) is 66.7 Å². The van der Waals surface area contributed by atoms with Crippen molar-refractivity contribution in [3.63, 3.8) is 0 Å². The first-order valence-electron chi connectivity index (χ1n) is 10.2. The Kier molecular flexibility index (Phi) is 4.81. The highest BCUT2D eigenvalue weighted by Crippen LogP contribution is 2.33. The fraction of sp³-hybridized carbons (Fsp3) is 0.200. The fourth-order valence-electron chi connectivity index (χ4n) is 4.18. The van der Waals surface area contributed by atoms with Crippen LogP contribution in [0.25, 0.3) is 22.0 Å². The first-order valence-corrected chi connectivity index (χ1v) is 10.2. The quantitative estimate of drug-likeness (QED) is 0.548. The average Bonchev–Trinajstić information content (AvgIpc) is 3.26. The monoisotopic (exact) mass is 397 g/mol. The van der Waals surface area contributed by atoms with Crippen LogP contribution in [0.4, 0.5) is 5.95 Å². The molecule has 0 saturated carbocycles. The number of benzene rings is 3. The Morgan fingerprint density at radius 2 is 1.67 bits per heavy atom. The van der Waals surface area contributed by atoms with E-state index in [0.29, 0.717) is 17.4 Å². The van der Waals surface area contributed by atoms with Crippen LogP contribution in [-0.2, 0) is 11.3 Å². The van der Waals surface area contributed by atoms with E-state index in [4.69, 9.17) is 10.5 Å². The number of aromatic nitrogens is 2. The Morgan fingerprint density at radius 3 is 2.43 bits per heavy atom. The second-order valence-corrected chi connectivity index (χ2v) is 7.72. The molecule has 30 heavy (non-hydrogen) atoms. The van der Waals surface area contributed by atoms with E-state index in [2.05, 4.69) is 17.1 Å². The Bertz CT molecular complexity index is 1240. The van der Waals surface area contributed by atoms with Gasteiger partial charge in [-0.15, -0.1) is 0 Å². The molecule has 0 aliphatic carbocycles. The summed E-state index contributed by atoms with van der Waals surface area (Å²) in [6.45, 7) is 0.414. The van der Waals surface area contributed by atoms with Crippen molar-refractivity contribution in [1.82, 2.24) is 9.55 Å². The van der Waals surface area contributed by atoms with Gasteiger partial charge in [0.2, 0.25) is 5.95 Å². The molecule has 150 valence electrons. The van der Waals surface area contributed by atoms with Crippen LogP contribution in [0.3, 0.4) is 0 Å². The lowest BCUT2D eigenvalue weighted by Gasteiger charge is -2.17. The first-order chi connectivity index (χ1) is 14.7. The first kappa shape index (κ1) is 18.6. The van der Waals surface area contributed by atoms with Crippen molar-refractivity contribution in [3.05, 3.63) is 94.8 Å². The van der Waals surface area contributed by atoms with E-state index in [9.17, 15) is 4.79 Å². The Morgan fingerprint density at radius 1 is 0.933 bits per heavy atom. The van der Waals surface area contributed by atoms with Gasteiger partial charge in [-0.25, -0.2) is 4.98 Å². The van der Waals surface area contributed by atoms with Gasteiger partial charge in [0, 0.05) is 0 Å². The summed E-state index contributed by atoms with van der Waals surface area (Å²) in [5, 5.41) is 0.571. The van der Waals surface area contributed by atoms with Gasteiger partial charge in [-0.2, -0.15) is 0 Å². The Labute approximate surface area is 174 Å². The summed E-state index contributed by atoms with van der Waals surface area (Å²) in [6, 6.07) is 25.9. The highest BCUT2D eigenvalue weighted by atomic mass is 16.5.